The Morgan fingerprint density at radius 2 is 1.87 bits per heavy atom. The van der Waals surface area contributed by atoms with E-state index in [4.69, 9.17) is 9.47 Å². The number of hydrogen-bond donors (Lipinski definition) is 2. The van der Waals surface area contributed by atoms with E-state index in [1.807, 2.05) is 0 Å². The van der Waals surface area contributed by atoms with Crippen molar-refractivity contribution in [3.63, 3.8) is 0 Å². The van der Waals surface area contributed by atoms with Crippen LogP contribution in [0.2, 0.25) is 0 Å². The Morgan fingerprint density at radius 1 is 1.10 bits per heavy atom. The molecule has 2 aliphatic heterocycles. The Bertz CT molecular complexity index is 551. The molecule has 1 aliphatic carbocycles. The first-order valence-corrected chi connectivity index (χ1v) is 11.7. The van der Waals surface area contributed by atoms with Crippen molar-refractivity contribution in [2.24, 2.45) is 10.4 Å². The van der Waals surface area contributed by atoms with Gasteiger partial charge in [0.1, 0.15) is 6.54 Å². The number of hydrogen-bond acceptors (Lipinski definition) is 5. The minimum Gasteiger partial charge on any atom is -0.379 e. The maximum absolute atomic E-state index is 12.1. The van der Waals surface area contributed by atoms with E-state index >= 15 is 0 Å². The number of guanidine groups is 1. The van der Waals surface area contributed by atoms with E-state index in [0.29, 0.717) is 0 Å². The molecule has 172 valence electrons. The summed E-state index contributed by atoms with van der Waals surface area (Å²) in [5.74, 6) is 0.738. The first-order chi connectivity index (χ1) is 14.6. The van der Waals surface area contributed by atoms with Crippen molar-refractivity contribution in [1.82, 2.24) is 20.4 Å². The first-order valence-electron chi connectivity index (χ1n) is 11.7. The Labute approximate surface area is 181 Å². The van der Waals surface area contributed by atoms with Gasteiger partial charge < -0.3 is 25.0 Å². The van der Waals surface area contributed by atoms with Gasteiger partial charge in [0.25, 0.3) is 0 Å². The molecule has 8 heteroatoms. The normalized spacial score (nSPS) is 25.1. The third-order valence-corrected chi connectivity index (χ3v) is 6.60. The van der Waals surface area contributed by atoms with E-state index in [2.05, 4.69) is 20.5 Å². The summed E-state index contributed by atoms with van der Waals surface area (Å²) < 4.78 is 11.3. The molecule has 30 heavy (non-hydrogen) atoms. The lowest BCUT2D eigenvalue weighted by atomic mass is 9.73. The molecule has 2 saturated heterocycles. The van der Waals surface area contributed by atoms with Crippen LogP contribution in [0.4, 0.5) is 0 Å². The van der Waals surface area contributed by atoms with Gasteiger partial charge in [0.15, 0.2) is 5.96 Å². The molecule has 0 aromatic carbocycles. The summed E-state index contributed by atoms with van der Waals surface area (Å²) in [5.41, 5.74) is 0.257. The monoisotopic (exact) mass is 423 g/mol. The highest BCUT2D eigenvalue weighted by Crippen LogP contribution is 2.36. The molecule has 3 rings (SSSR count). The fourth-order valence-corrected chi connectivity index (χ4v) is 4.68. The summed E-state index contributed by atoms with van der Waals surface area (Å²) in [6, 6.07) is 0. The largest absolute Gasteiger partial charge is 0.379 e. The topological polar surface area (TPSA) is 78.4 Å². The Hall–Kier alpha value is -1.38. The number of rotatable bonds is 8. The van der Waals surface area contributed by atoms with E-state index in [-0.39, 0.29) is 24.0 Å². The molecule has 0 aromatic heterocycles. The highest BCUT2D eigenvalue weighted by molar-refractivity contribution is 5.84. The maximum Gasteiger partial charge on any atom is 0.243 e. The van der Waals surface area contributed by atoms with Gasteiger partial charge in [-0.3, -0.25) is 9.69 Å². The standard InChI is InChI=1S/C22H41N5O3/c1-26(2)20(28)16-24-21(23-15-19-7-6-12-30-19)25-17-22(8-4-3-5-9-22)18-27-10-13-29-14-11-27/h19H,3-18H2,1-2H3,(H2,23,24,25). The molecule has 0 spiro atoms. The smallest absolute Gasteiger partial charge is 0.243 e. The number of nitrogens with one attached hydrogen (secondary N) is 2. The van der Waals surface area contributed by atoms with Crippen molar-refractivity contribution < 1.29 is 14.3 Å². The van der Waals surface area contributed by atoms with Crippen LogP contribution in [-0.4, -0.2) is 101 Å². The number of nitrogens with zero attached hydrogens (tertiary/aromatic N) is 3. The van der Waals surface area contributed by atoms with Crippen molar-refractivity contribution in [2.45, 2.75) is 51.0 Å². The second-order valence-corrected chi connectivity index (χ2v) is 9.27. The molecule has 8 nitrogen and oxygen atoms in total. The molecule has 0 aromatic rings. The van der Waals surface area contributed by atoms with Gasteiger partial charge in [-0.15, -0.1) is 0 Å². The first kappa shape index (κ1) is 23.3. The second kappa shape index (κ2) is 11.9. The predicted octanol–water partition coefficient (Wildman–Crippen LogP) is 1.07. The lowest BCUT2D eigenvalue weighted by Gasteiger charge is -2.42. The number of ether oxygens (including phenoxy) is 2. The van der Waals surface area contributed by atoms with Crippen LogP contribution in [0, 0.1) is 5.41 Å². The van der Waals surface area contributed by atoms with Crippen molar-refractivity contribution in [3.8, 4) is 0 Å². The molecule has 0 radical (unpaired) electrons. The molecule has 1 atom stereocenters. The fraction of sp³-hybridized carbons (Fsp3) is 0.909. The molecule has 3 aliphatic rings. The summed E-state index contributed by atoms with van der Waals surface area (Å²) in [5, 5.41) is 7.02. The summed E-state index contributed by atoms with van der Waals surface area (Å²) in [6.07, 6.45) is 8.84. The van der Waals surface area contributed by atoms with Crippen molar-refractivity contribution >= 4 is 11.9 Å². The van der Waals surface area contributed by atoms with Gasteiger partial charge in [-0.05, 0) is 25.7 Å². The van der Waals surface area contributed by atoms with Crippen LogP contribution < -0.4 is 10.6 Å². The van der Waals surface area contributed by atoms with Crippen molar-refractivity contribution in [3.05, 3.63) is 0 Å². The molecular formula is C22H41N5O3. The predicted molar refractivity (Wildman–Crippen MR) is 119 cm³/mol. The number of aliphatic imine (C=N–C) groups is 1. The fourth-order valence-electron chi connectivity index (χ4n) is 4.68. The summed E-state index contributed by atoms with van der Waals surface area (Å²) in [6.45, 7) is 7.46. The number of amides is 1. The lowest BCUT2D eigenvalue weighted by Crippen LogP contribution is -2.51. The quantitative estimate of drug-likeness (QED) is 0.449. The number of morpholine rings is 1. The summed E-state index contributed by atoms with van der Waals surface area (Å²) in [7, 11) is 3.54. The Morgan fingerprint density at radius 3 is 2.53 bits per heavy atom. The van der Waals surface area contributed by atoms with Crippen LogP contribution in [0.1, 0.15) is 44.9 Å². The van der Waals surface area contributed by atoms with Gasteiger partial charge in [0.2, 0.25) is 5.91 Å². The molecule has 1 unspecified atom stereocenters. The molecule has 2 N–H and O–H groups in total. The minimum absolute atomic E-state index is 0.00825. The average Bonchev–Trinajstić information content (AvgIpc) is 3.28. The summed E-state index contributed by atoms with van der Waals surface area (Å²) >= 11 is 0. The van der Waals surface area contributed by atoms with Gasteiger partial charge in [-0.25, -0.2) is 4.99 Å². The van der Waals surface area contributed by atoms with E-state index in [9.17, 15) is 4.79 Å². The van der Waals surface area contributed by atoms with Gasteiger partial charge in [-0.1, -0.05) is 19.3 Å². The van der Waals surface area contributed by atoms with Crippen molar-refractivity contribution in [2.75, 3.05) is 73.2 Å². The van der Waals surface area contributed by atoms with Crippen LogP contribution in [-0.2, 0) is 14.3 Å². The summed E-state index contributed by atoms with van der Waals surface area (Å²) in [4.78, 5) is 20.8. The van der Waals surface area contributed by atoms with E-state index < -0.39 is 0 Å². The van der Waals surface area contributed by atoms with Gasteiger partial charge in [-0.2, -0.15) is 0 Å². The van der Waals surface area contributed by atoms with E-state index in [0.717, 1.165) is 71.3 Å². The molecule has 2 heterocycles. The maximum atomic E-state index is 12.1. The number of likely N-dealkylation sites (N-methyl/N-ethyl adjacent to an activating group) is 1. The molecular weight excluding hydrogens is 382 g/mol. The second-order valence-electron chi connectivity index (χ2n) is 9.27. The van der Waals surface area contributed by atoms with Crippen molar-refractivity contribution in [1.29, 1.82) is 0 Å². The molecule has 1 saturated carbocycles. The minimum atomic E-state index is 0.00825. The van der Waals surface area contributed by atoms with Crippen LogP contribution in [0.3, 0.4) is 0 Å². The highest BCUT2D eigenvalue weighted by atomic mass is 16.5. The van der Waals surface area contributed by atoms with Gasteiger partial charge >= 0.3 is 0 Å². The third kappa shape index (κ3) is 7.39. The lowest BCUT2D eigenvalue weighted by molar-refractivity contribution is -0.127. The molecule has 1 amide bonds. The number of carbonyl (C=O) groups excluding carboxylic acids is 1. The third-order valence-electron chi connectivity index (χ3n) is 6.60. The van der Waals surface area contributed by atoms with E-state index in [1.54, 1.807) is 19.0 Å². The van der Waals surface area contributed by atoms with Gasteiger partial charge in [0.05, 0.1) is 19.3 Å². The Balaban J connectivity index is 1.60. The molecule has 3 fully saturated rings. The van der Waals surface area contributed by atoms with Crippen LogP contribution in [0.15, 0.2) is 4.99 Å². The van der Waals surface area contributed by atoms with Gasteiger partial charge in [0, 0.05) is 58.8 Å². The van der Waals surface area contributed by atoms with Crippen LogP contribution in [0.5, 0.6) is 0 Å². The van der Waals surface area contributed by atoms with Crippen LogP contribution in [0.25, 0.3) is 0 Å². The average molecular weight is 424 g/mol. The zero-order valence-corrected chi connectivity index (χ0v) is 19.0. The SMILES string of the molecule is CN(C)C(=O)CN=C(NCC1CCCO1)NCC1(CN2CCOCC2)CCCCC1. The zero-order chi connectivity index (χ0) is 21.2. The number of carbonyl (C=O) groups is 1. The Kier molecular flexibility index (Phi) is 9.21. The van der Waals surface area contributed by atoms with E-state index in [1.165, 1.54) is 32.1 Å². The highest BCUT2D eigenvalue weighted by Gasteiger charge is 2.34. The van der Waals surface area contributed by atoms with Crippen LogP contribution >= 0.6 is 0 Å². The molecule has 0 bridgehead atoms. The zero-order valence-electron chi connectivity index (χ0n) is 19.0.